The first-order chi connectivity index (χ1) is 15.3. The number of ether oxygens (including phenoxy) is 2. The number of amides is 2. The number of nitrogens with zero attached hydrogens (tertiary/aromatic N) is 1. The van der Waals surface area contributed by atoms with Crippen molar-refractivity contribution in [1.29, 1.82) is 0 Å². The summed E-state index contributed by atoms with van der Waals surface area (Å²) in [6, 6.07) is 11.1. The highest BCUT2D eigenvalue weighted by atomic mass is 35.5. The molecule has 0 aliphatic carbocycles. The number of methoxy groups -OCH3 is 1. The van der Waals surface area contributed by atoms with E-state index in [0.29, 0.717) is 35.1 Å². The number of halogens is 1. The minimum Gasteiger partial charge on any atom is -0.493 e. The summed E-state index contributed by atoms with van der Waals surface area (Å²) in [6.07, 6.45) is 2.87. The van der Waals surface area contributed by atoms with Crippen molar-refractivity contribution in [1.82, 2.24) is 10.7 Å². The molecule has 0 fully saturated rings. The monoisotopic (exact) mass is 459 g/mol. The van der Waals surface area contributed by atoms with Gasteiger partial charge >= 0.3 is 0 Å². The highest BCUT2D eigenvalue weighted by Gasteiger charge is 2.22. The van der Waals surface area contributed by atoms with E-state index in [1.54, 1.807) is 43.5 Å². The van der Waals surface area contributed by atoms with Crippen LogP contribution in [0.15, 0.2) is 47.6 Å². The molecule has 0 saturated carbocycles. The smallest absolute Gasteiger partial charge is 0.262 e. The van der Waals surface area contributed by atoms with Gasteiger partial charge in [0.2, 0.25) is 0 Å². The van der Waals surface area contributed by atoms with Crippen molar-refractivity contribution < 1.29 is 19.1 Å². The number of hydrogen-bond donors (Lipinski definition) is 2. The zero-order valence-electron chi connectivity index (χ0n) is 18.9. The summed E-state index contributed by atoms with van der Waals surface area (Å²) in [5, 5.41) is 7.35. The fraction of sp³-hybridized carbons (Fsp3) is 0.375. The first kappa shape index (κ1) is 25.2. The van der Waals surface area contributed by atoms with E-state index in [-0.39, 0.29) is 11.8 Å². The Kier molecular flexibility index (Phi) is 10.0. The van der Waals surface area contributed by atoms with E-state index in [2.05, 4.69) is 15.8 Å². The van der Waals surface area contributed by atoms with Crippen LogP contribution in [0.3, 0.4) is 0 Å². The van der Waals surface area contributed by atoms with E-state index in [9.17, 15) is 9.59 Å². The highest BCUT2D eigenvalue weighted by molar-refractivity contribution is 6.30. The molecule has 1 atom stereocenters. The molecule has 0 aliphatic heterocycles. The zero-order valence-corrected chi connectivity index (χ0v) is 19.6. The number of rotatable bonds is 11. The number of benzene rings is 2. The van der Waals surface area contributed by atoms with Crippen LogP contribution in [0.25, 0.3) is 0 Å². The lowest BCUT2D eigenvalue weighted by Crippen LogP contribution is -2.46. The zero-order chi connectivity index (χ0) is 23.5. The van der Waals surface area contributed by atoms with E-state index in [1.807, 2.05) is 26.8 Å². The van der Waals surface area contributed by atoms with E-state index >= 15 is 0 Å². The van der Waals surface area contributed by atoms with Crippen molar-refractivity contribution in [3.05, 3.63) is 58.6 Å². The number of carbonyl (C=O) groups is 2. The first-order valence-corrected chi connectivity index (χ1v) is 10.9. The van der Waals surface area contributed by atoms with Crippen LogP contribution >= 0.6 is 11.6 Å². The fourth-order valence-electron chi connectivity index (χ4n) is 2.89. The van der Waals surface area contributed by atoms with Gasteiger partial charge in [-0.15, -0.1) is 0 Å². The van der Waals surface area contributed by atoms with E-state index in [1.165, 1.54) is 6.21 Å². The van der Waals surface area contributed by atoms with Crippen LogP contribution in [-0.4, -0.2) is 37.8 Å². The quantitative estimate of drug-likeness (QED) is 0.384. The molecule has 32 heavy (non-hydrogen) atoms. The molecular formula is C24H30ClN3O4. The minimum atomic E-state index is -0.727. The van der Waals surface area contributed by atoms with Crippen LogP contribution in [0.1, 0.15) is 49.5 Å². The molecule has 2 rings (SSSR count). The van der Waals surface area contributed by atoms with Crippen molar-refractivity contribution in [2.75, 3.05) is 13.7 Å². The van der Waals surface area contributed by atoms with Gasteiger partial charge in [-0.1, -0.05) is 32.4 Å². The molecule has 0 saturated heterocycles. The van der Waals surface area contributed by atoms with Crippen molar-refractivity contribution in [2.45, 2.75) is 39.7 Å². The average Bonchev–Trinajstić information content (AvgIpc) is 2.77. The van der Waals surface area contributed by atoms with Crippen LogP contribution in [0, 0.1) is 5.92 Å². The first-order valence-electron chi connectivity index (χ1n) is 10.5. The molecule has 0 bridgehead atoms. The van der Waals surface area contributed by atoms with Crippen LogP contribution in [0.4, 0.5) is 0 Å². The summed E-state index contributed by atoms with van der Waals surface area (Å²) in [7, 11) is 1.57. The predicted molar refractivity (Wildman–Crippen MR) is 127 cm³/mol. The molecule has 2 amide bonds. The van der Waals surface area contributed by atoms with Gasteiger partial charge in [0.25, 0.3) is 11.8 Å². The second kappa shape index (κ2) is 12.7. The summed E-state index contributed by atoms with van der Waals surface area (Å²) in [5.41, 5.74) is 3.67. The Bertz CT molecular complexity index is 929. The highest BCUT2D eigenvalue weighted by Crippen LogP contribution is 2.27. The SMILES string of the molecule is CCCOc1ccc(C=NNC(=O)C(CC(C)C)NC(=O)c2ccc(Cl)cc2)cc1OC. The maximum Gasteiger partial charge on any atom is 0.262 e. The summed E-state index contributed by atoms with van der Waals surface area (Å²) in [5.74, 6) is 0.685. The second-order valence-corrected chi connectivity index (χ2v) is 8.09. The van der Waals surface area contributed by atoms with E-state index < -0.39 is 11.9 Å². The summed E-state index contributed by atoms with van der Waals surface area (Å²) < 4.78 is 11.0. The molecular weight excluding hydrogens is 430 g/mol. The normalized spacial score (nSPS) is 11.9. The Labute approximate surface area is 194 Å². The average molecular weight is 460 g/mol. The van der Waals surface area contributed by atoms with Gasteiger partial charge < -0.3 is 14.8 Å². The Hall–Kier alpha value is -3.06. The third-order valence-electron chi connectivity index (χ3n) is 4.47. The molecule has 0 heterocycles. The van der Waals surface area contributed by atoms with Gasteiger partial charge in [0.1, 0.15) is 6.04 Å². The van der Waals surface area contributed by atoms with E-state index in [0.717, 1.165) is 12.0 Å². The topological polar surface area (TPSA) is 89.0 Å². The maximum atomic E-state index is 12.7. The molecule has 2 N–H and O–H groups in total. The Balaban J connectivity index is 2.03. The molecule has 172 valence electrons. The molecule has 8 heteroatoms. The van der Waals surface area contributed by atoms with Crippen LogP contribution in [0.2, 0.25) is 5.02 Å². The summed E-state index contributed by atoms with van der Waals surface area (Å²) in [6.45, 7) is 6.58. The standard InChI is InChI=1S/C24H30ClN3O4/c1-5-12-32-21-11-6-17(14-22(21)31-4)15-26-28-24(30)20(13-16(2)3)27-23(29)18-7-9-19(25)10-8-18/h6-11,14-16,20H,5,12-13H2,1-4H3,(H,27,29)(H,28,30). The lowest BCUT2D eigenvalue weighted by atomic mass is 10.0. The third kappa shape index (κ3) is 7.89. The molecule has 0 spiro atoms. The Morgan fingerprint density at radius 2 is 1.84 bits per heavy atom. The van der Waals surface area contributed by atoms with Gasteiger partial charge in [-0.3, -0.25) is 9.59 Å². The fourth-order valence-corrected chi connectivity index (χ4v) is 3.02. The largest absolute Gasteiger partial charge is 0.493 e. The lowest BCUT2D eigenvalue weighted by Gasteiger charge is -2.19. The molecule has 2 aromatic carbocycles. The van der Waals surface area contributed by atoms with Gasteiger partial charge in [-0.2, -0.15) is 5.10 Å². The lowest BCUT2D eigenvalue weighted by molar-refractivity contribution is -0.123. The van der Waals surface area contributed by atoms with Crippen LogP contribution in [-0.2, 0) is 4.79 Å². The molecule has 2 aromatic rings. The Morgan fingerprint density at radius 3 is 2.47 bits per heavy atom. The number of nitrogens with one attached hydrogen (secondary N) is 2. The summed E-state index contributed by atoms with van der Waals surface area (Å²) >= 11 is 5.87. The van der Waals surface area contributed by atoms with Crippen molar-refractivity contribution in [3.63, 3.8) is 0 Å². The maximum absolute atomic E-state index is 12.7. The molecule has 0 radical (unpaired) electrons. The van der Waals surface area contributed by atoms with Gasteiger partial charge in [0.15, 0.2) is 11.5 Å². The van der Waals surface area contributed by atoms with E-state index in [4.69, 9.17) is 21.1 Å². The number of carbonyl (C=O) groups excluding carboxylic acids is 2. The van der Waals surface area contributed by atoms with Crippen LogP contribution in [0.5, 0.6) is 11.5 Å². The Morgan fingerprint density at radius 1 is 1.12 bits per heavy atom. The minimum absolute atomic E-state index is 0.195. The second-order valence-electron chi connectivity index (χ2n) is 7.66. The molecule has 0 aromatic heterocycles. The molecule has 7 nitrogen and oxygen atoms in total. The van der Waals surface area contributed by atoms with Gasteiger partial charge in [0.05, 0.1) is 19.9 Å². The predicted octanol–water partition coefficient (Wildman–Crippen LogP) is 4.43. The van der Waals surface area contributed by atoms with Crippen LogP contribution < -0.4 is 20.2 Å². The third-order valence-corrected chi connectivity index (χ3v) is 4.73. The summed E-state index contributed by atoms with van der Waals surface area (Å²) in [4.78, 5) is 25.2. The number of hydrogen-bond acceptors (Lipinski definition) is 5. The van der Waals surface area contributed by atoms with Crippen molar-refractivity contribution >= 4 is 29.6 Å². The molecule has 0 aliphatic rings. The van der Waals surface area contributed by atoms with Crippen molar-refractivity contribution in [2.24, 2.45) is 11.0 Å². The van der Waals surface area contributed by atoms with Gasteiger partial charge in [0, 0.05) is 10.6 Å². The van der Waals surface area contributed by atoms with Crippen molar-refractivity contribution in [3.8, 4) is 11.5 Å². The van der Waals surface area contributed by atoms with Gasteiger partial charge in [-0.25, -0.2) is 5.43 Å². The molecule has 1 unspecified atom stereocenters. The number of hydrazone groups is 1. The van der Waals surface area contributed by atoms with Gasteiger partial charge in [-0.05, 0) is 66.8 Å².